The smallest absolute Gasteiger partial charge is 0.249 e. The molecule has 19 heavy (non-hydrogen) atoms. The van der Waals surface area contributed by atoms with E-state index in [2.05, 4.69) is 35.4 Å². The summed E-state index contributed by atoms with van der Waals surface area (Å²) in [6.07, 6.45) is 3.61. The molecule has 0 saturated carbocycles. The van der Waals surface area contributed by atoms with Gasteiger partial charge in [0.05, 0.1) is 5.56 Å². The highest BCUT2D eigenvalue weighted by Crippen LogP contribution is 2.27. The maximum absolute atomic E-state index is 5.51. The number of anilines is 1. The number of unbranched alkanes of at least 4 members (excludes halogenated alkanes) is 1. The van der Waals surface area contributed by atoms with Crippen LogP contribution in [0.4, 0.5) is 5.69 Å². The Morgan fingerprint density at radius 1 is 1.26 bits per heavy atom. The third kappa shape index (κ3) is 3.56. The summed E-state index contributed by atoms with van der Waals surface area (Å²) in [6.45, 7) is 6.21. The molecule has 2 rings (SSSR count). The lowest BCUT2D eigenvalue weighted by molar-refractivity contribution is 0.533. The summed E-state index contributed by atoms with van der Waals surface area (Å²) in [5.41, 5.74) is 2.02. The van der Waals surface area contributed by atoms with Gasteiger partial charge in [-0.3, -0.25) is 0 Å². The second-order valence-electron chi connectivity index (χ2n) is 4.86. The Hall–Kier alpha value is -1.84. The van der Waals surface area contributed by atoms with Crippen molar-refractivity contribution in [1.29, 1.82) is 0 Å². The van der Waals surface area contributed by atoms with Crippen LogP contribution < -0.4 is 5.32 Å². The molecule has 0 saturated heterocycles. The monoisotopic (exact) mass is 259 g/mol. The SMILES string of the molecule is CCCCC(C)Nc1ccccc1-c1nnc(C)o1. The van der Waals surface area contributed by atoms with Crippen molar-refractivity contribution in [2.45, 2.75) is 46.1 Å². The molecule has 1 N–H and O–H groups in total. The summed E-state index contributed by atoms with van der Waals surface area (Å²) >= 11 is 0. The molecule has 0 amide bonds. The Bertz CT molecular complexity index is 522. The van der Waals surface area contributed by atoms with Gasteiger partial charge in [-0.2, -0.15) is 0 Å². The van der Waals surface area contributed by atoms with E-state index in [9.17, 15) is 0 Å². The Labute approximate surface area is 114 Å². The van der Waals surface area contributed by atoms with Gasteiger partial charge in [-0.15, -0.1) is 10.2 Å². The number of benzene rings is 1. The number of hydrogen-bond acceptors (Lipinski definition) is 4. The second-order valence-corrected chi connectivity index (χ2v) is 4.86. The first kappa shape index (κ1) is 13.6. The van der Waals surface area contributed by atoms with E-state index in [1.807, 2.05) is 18.2 Å². The van der Waals surface area contributed by atoms with E-state index in [0.29, 0.717) is 17.8 Å². The Morgan fingerprint density at radius 3 is 2.74 bits per heavy atom. The van der Waals surface area contributed by atoms with Crippen molar-refractivity contribution >= 4 is 5.69 Å². The third-order valence-electron chi connectivity index (χ3n) is 3.08. The predicted molar refractivity (Wildman–Crippen MR) is 77.1 cm³/mol. The average Bonchev–Trinajstić information content (AvgIpc) is 2.83. The van der Waals surface area contributed by atoms with Gasteiger partial charge in [0.25, 0.3) is 0 Å². The van der Waals surface area contributed by atoms with E-state index in [1.54, 1.807) is 6.92 Å². The van der Waals surface area contributed by atoms with Crippen LogP contribution >= 0.6 is 0 Å². The molecule has 0 aliphatic rings. The van der Waals surface area contributed by atoms with Crippen LogP contribution in [0.1, 0.15) is 39.0 Å². The number of nitrogens with zero attached hydrogens (tertiary/aromatic N) is 2. The van der Waals surface area contributed by atoms with Crippen molar-refractivity contribution in [1.82, 2.24) is 10.2 Å². The molecule has 1 aromatic carbocycles. The fourth-order valence-electron chi connectivity index (χ4n) is 2.05. The highest BCUT2D eigenvalue weighted by Gasteiger charge is 2.12. The van der Waals surface area contributed by atoms with Crippen LogP contribution in [0.2, 0.25) is 0 Å². The molecular formula is C15H21N3O. The molecule has 0 aliphatic heterocycles. The summed E-state index contributed by atoms with van der Waals surface area (Å²) in [5, 5.41) is 11.5. The van der Waals surface area contributed by atoms with Crippen molar-refractivity contribution < 1.29 is 4.42 Å². The van der Waals surface area contributed by atoms with Crippen LogP contribution in [-0.2, 0) is 0 Å². The molecule has 1 aromatic heterocycles. The Morgan fingerprint density at radius 2 is 2.05 bits per heavy atom. The van der Waals surface area contributed by atoms with E-state index < -0.39 is 0 Å². The van der Waals surface area contributed by atoms with E-state index >= 15 is 0 Å². The topological polar surface area (TPSA) is 51.0 Å². The zero-order chi connectivity index (χ0) is 13.7. The summed E-state index contributed by atoms with van der Waals surface area (Å²) in [5.74, 6) is 1.16. The van der Waals surface area contributed by atoms with Crippen molar-refractivity contribution in [3.8, 4) is 11.5 Å². The highest BCUT2D eigenvalue weighted by molar-refractivity contribution is 5.72. The largest absolute Gasteiger partial charge is 0.421 e. The normalized spacial score (nSPS) is 12.4. The number of aromatic nitrogens is 2. The number of nitrogens with one attached hydrogen (secondary N) is 1. The van der Waals surface area contributed by atoms with Crippen molar-refractivity contribution in [3.05, 3.63) is 30.2 Å². The van der Waals surface area contributed by atoms with E-state index in [-0.39, 0.29) is 0 Å². The molecule has 0 aliphatic carbocycles. The maximum atomic E-state index is 5.51. The zero-order valence-corrected chi connectivity index (χ0v) is 11.8. The van der Waals surface area contributed by atoms with E-state index in [4.69, 9.17) is 4.42 Å². The molecule has 102 valence electrons. The van der Waals surface area contributed by atoms with Crippen LogP contribution in [0.3, 0.4) is 0 Å². The molecule has 4 heteroatoms. The quantitative estimate of drug-likeness (QED) is 0.850. The lowest BCUT2D eigenvalue weighted by Gasteiger charge is -2.16. The number of hydrogen-bond donors (Lipinski definition) is 1. The summed E-state index contributed by atoms with van der Waals surface area (Å²) in [4.78, 5) is 0. The molecule has 4 nitrogen and oxygen atoms in total. The van der Waals surface area contributed by atoms with Gasteiger partial charge in [-0.1, -0.05) is 31.9 Å². The van der Waals surface area contributed by atoms with Gasteiger partial charge < -0.3 is 9.73 Å². The van der Waals surface area contributed by atoms with Crippen molar-refractivity contribution in [3.63, 3.8) is 0 Å². The first-order chi connectivity index (χ1) is 9.20. The number of aryl methyl sites for hydroxylation is 1. The lowest BCUT2D eigenvalue weighted by atomic mass is 10.1. The Kier molecular flexibility index (Phi) is 4.55. The van der Waals surface area contributed by atoms with E-state index in [1.165, 1.54) is 12.8 Å². The van der Waals surface area contributed by atoms with Gasteiger partial charge in [0.2, 0.25) is 11.8 Å². The van der Waals surface area contributed by atoms with Crippen LogP contribution in [0.5, 0.6) is 0 Å². The summed E-state index contributed by atoms with van der Waals surface area (Å²) in [7, 11) is 0. The fourth-order valence-corrected chi connectivity index (χ4v) is 2.05. The molecule has 0 bridgehead atoms. The van der Waals surface area contributed by atoms with Gasteiger partial charge in [0.15, 0.2) is 0 Å². The first-order valence-electron chi connectivity index (χ1n) is 6.86. The van der Waals surface area contributed by atoms with Gasteiger partial charge in [-0.25, -0.2) is 0 Å². The lowest BCUT2D eigenvalue weighted by Crippen LogP contribution is -2.15. The third-order valence-corrected chi connectivity index (χ3v) is 3.08. The molecule has 0 radical (unpaired) electrons. The Balaban J connectivity index is 2.17. The summed E-state index contributed by atoms with van der Waals surface area (Å²) in [6, 6.07) is 8.49. The van der Waals surface area contributed by atoms with Gasteiger partial charge in [0, 0.05) is 18.7 Å². The molecule has 1 heterocycles. The van der Waals surface area contributed by atoms with Crippen LogP contribution in [0.25, 0.3) is 11.5 Å². The standard InChI is InChI=1S/C15H21N3O/c1-4-5-8-11(2)16-14-10-7-6-9-13(14)15-18-17-12(3)19-15/h6-7,9-11,16H,4-5,8H2,1-3H3. The maximum Gasteiger partial charge on any atom is 0.249 e. The minimum atomic E-state index is 0.435. The molecular weight excluding hydrogens is 238 g/mol. The minimum absolute atomic E-state index is 0.435. The van der Waals surface area contributed by atoms with Crippen LogP contribution in [0.15, 0.2) is 28.7 Å². The summed E-state index contributed by atoms with van der Waals surface area (Å²) < 4.78 is 5.51. The number of rotatable bonds is 6. The van der Waals surface area contributed by atoms with Crippen molar-refractivity contribution in [2.75, 3.05) is 5.32 Å². The van der Waals surface area contributed by atoms with Crippen LogP contribution in [-0.4, -0.2) is 16.2 Å². The minimum Gasteiger partial charge on any atom is -0.421 e. The van der Waals surface area contributed by atoms with Crippen molar-refractivity contribution in [2.24, 2.45) is 0 Å². The molecule has 2 aromatic rings. The zero-order valence-electron chi connectivity index (χ0n) is 11.8. The predicted octanol–water partition coefficient (Wildman–Crippen LogP) is 4.04. The fraction of sp³-hybridized carbons (Fsp3) is 0.467. The van der Waals surface area contributed by atoms with E-state index in [0.717, 1.165) is 17.7 Å². The molecule has 0 spiro atoms. The van der Waals surface area contributed by atoms with Gasteiger partial charge >= 0.3 is 0 Å². The molecule has 1 atom stereocenters. The second kappa shape index (κ2) is 6.36. The highest BCUT2D eigenvalue weighted by atomic mass is 16.4. The molecule has 0 fully saturated rings. The van der Waals surface area contributed by atoms with Gasteiger partial charge in [-0.05, 0) is 25.5 Å². The van der Waals surface area contributed by atoms with Gasteiger partial charge in [0.1, 0.15) is 0 Å². The average molecular weight is 259 g/mol. The van der Waals surface area contributed by atoms with Crippen LogP contribution in [0, 0.1) is 6.92 Å². The molecule has 1 unspecified atom stereocenters. The first-order valence-corrected chi connectivity index (χ1v) is 6.86. The number of para-hydroxylation sites is 1.